The van der Waals surface area contributed by atoms with Crippen molar-refractivity contribution in [1.82, 2.24) is 4.98 Å². The van der Waals surface area contributed by atoms with Crippen molar-refractivity contribution in [3.8, 4) is 5.75 Å². The Bertz CT molecular complexity index is 592. The molecule has 0 fully saturated rings. The summed E-state index contributed by atoms with van der Waals surface area (Å²) in [4.78, 5) is 15.2. The fraction of sp³-hybridized carbons (Fsp3) is 0.286. The first-order valence-corrected chi connectivity index (χ1v) is 6.75. The Morgan fingerprint density at radius 3 is 2.74 bits per heavy atom. The van der Waals surface area contributed by atoms with Crippen LogP contribution in [0.1, 0.15) is 25.9 Å². The Morgan fingerprint density at radius 1 is 1.37 bits per heavy atom. The van der Waals surface area contributed by atoms with Gasteiger partial charge in [0.15, 0.2) is 0 Å². The molecule has 2 aromatic rings. The van der Waals surface area contributed by atoms with E-state index < -0.39 is 5.97 Å². The lowest BCUT2D eigenvalue weighted by atomic mass is 10.2. The van der Waals surface area contributed by atoms with Gasteiger partial charge in [0.05, 0.1) is 28.2 Å². The zero-order valence-corrected chi connectivity index (χ0v) is 11.6. The quantitative estimate of drug-likeness (QED) is 0.834. The largest absolute Gasteiger partial charge is 0.544 e. The number of ether oxygens (including phenoxy) is 1. The summed E-state index contributed by atoms with van der Waals surface area (Å²) in [6.07, 6.45) is 0.590. The molecule has 0 aliphatic heterocycles. The number of aromatic nitrogens is 1. The highest BCUT2D eigenvalue weighted by molar-refractivity contribution is 7.13. The predicted molar refractivity (Wildman–Crippen MR) is 71.6 cm³/mol. The van der Waals surface area contributed by atoms with E-state index in [-0.39, 0.29) is 4.88 Å². The third-order valence-corrected chi connectivity index (χ3v) is 3.89. The van der Waals surface area contributed by atoms with E-state index in [4.69, 9.17) is 4.74 Å². The van der Waals surface area contributed by atoms with Crippen molar-refractivity contribution in [2.24, 2.45) is 0 Å². The molecule has 100 valence electrons. The first kappa shape index (κ1) is 13.5. The predicted octanol–water partition coefficient (Wildman–Crippen LogP) is 1.74. The van der Waals surface area contributed by atoms with Crippen LogP contribution in [0.15, 0.2) is 24.3 Å². The Hall–Kier alpha value is -1.88. The number of benzene rings is 1. The number of rotatable bonds is 5. The number of hydrogen-bond acceptors (Lipinski definition) is 5. The van der Waals surface area contributed by atoms with Crippen LogP contribution < -0.4 is 9.84 Å². The molecule has 0 aliphatic carbocycles. The standard InChI is InChI=1S/C14H15NO3S/c1-9-5-3-4-6-11(9)18-8-7-12-15-10(2)13(19-12)14(16)17/h3-6H,7-8H2,1-2H3,(H,16,17)/p-1. The smallest absolute Gasteiger partial charge is 0.122 e. The van der Waals surface area contributed by atoms with Gasteiger partial charge in [-0.15, -0.1) is 11.3 Å². The molecule has 0 aliphatic rings. The number of carbonyl (C=O) groups excluding carboxylic acids is 1. The number of nitrogens with zero attached hydrogens (tertiary/aromatic N) is 1. The lowest BCUT2D eigenvalue weighted by molar-refractivity contribution is -0.254. The van der Waals surface area contributed by atoms with Gasteiger partial charge in [0.1, 0.15) is 5.75 Å². The molecule has 5 heteroatoms. The second-order valence-electron chi connectivity index (χ2n) is 4.17. The van der Waals surface area contributed by atoms with Gasteiger partial charge in [0.25, 0.3) is 0 Å². The summed E-state index contributed by atoms with van der Waals surface area (Å²) in [5.74, 6) is -0.322. The van der Waals surface area contributed by atoms with Crippen LogP contribution in [0.2, 0.25) is 0 Å². The van der Waals surface area contributed by atoms with Crippen molar-refractivity contribution in [3.63, 3.8) is 0 Å². The molecule has 0 atom stereocenters. The second kappa shape index (κ2) is 5.84. The first-order valence-electron chi connectivity index (χ1n) is 5.94. The van der Waals surface area contributed by atoms with Gasteiger partial charge < -0.3 is 14.6 Å². The minimum atomic E-state index is -1.17. The molecular weight excluding hydrogens is 262 g/mol. The number of carbonyl (C=O) groups is 1. The summed E-state index contributed by atoms with van der Waals surface area (Å²) < 4.78 is 5.65. The van der Waals surface area contributed by atoms with Crippen molar-refractivity contribution in [1.29, 1.82) is 0 Å². The van der Waals surface area contributed by atoms with Crippen LogP contribution in [-0.4, -0.2) is 17.6 Å². The zero-order valence-electron chi connectivity index (χ0n) is 10.8. The van der Waals surface area contributed by atoms with Gasteiger partial charge in [-0.05, 0) is 25.5 Å². The Balaban J connectivity index is 1.95. The fourth-order valence-corrected chi connectivity index (χ4v) is 2.60. The van der Waals surface area contributed by atoms with E-state index in [0.29, 0.717) is 18.7 Å². The number of para-hydroxylation sites is 1. The third-order valence-electron chi connectivity index (χ3n) is 2.69. The Kier molecular flexibility index (Phi) is 4.16. The summed E-state index contributed by atoms with van der Waals surface area (Å²) in [7, 11) is 0. The van der Waals surface area contributed by atoms with Gasteiger partial charge in [-0.2, -0.15) is 0 Å². The Labute approximate surface area is 115 Å². The van der Waals surface area contributed by atoms with Gasteiger partial charge in [0, 0.05) is 6.42 Å². The van der Waals surface area contributed by atoms with Crippen LogP contribution in [0.3, 0.4) is 0 Å². The normalized spacial score (nSPS) is 10.4. The van der Waals surface area contributed by atoms with Gasteiger partial charge in [0.2, 0.25) is 0 Å². The van der Waals surface area contributed by atoms with Gasteiger partial charge in [-0.1, -0.05) is 18.2 Å². The van der Waals surface area contributed by atoms with Crippen molar-refractivity contribution < 1.29 is 14.6 Å². The van der Waals surface area contributed by atoms with Crippen molar-refractivity contribution in [2.75, 3.05) is 6.61 Å². The molecule has 0 saturated heterocycles. The van der Waals surface area contributed by atoms with E-state index in [9.17, 15) is 9.90 Å². The topological polar surface area (TPSA) is 62.2 Å². The summed E-state index contributed by atoms with van der Waals surface area (Å²) in [6.45, 7) is 4.13. The molecular formula is C14H14NO3S-. The monoisotopic (exact) mass is 276 g/mol. The van der Waals surface area contributed by atoms with Crippen LogP contribution in [0, 0.1) is 13.8 Å². The van der Waals surface area contributed by atoms with E-state index in [1.165, 1.54) is 0 Å². The maximum atomic E-state index is 10.8. The maximum Gasteiger partial charge on any atom is 0.122 e. The van der Waals surface area contributed by atoms with Crippen molar-refractivity contribution >= 4 is 17.3 Å². The molecule has 2 rings (SSSR count). The molecule has 0 N–H and O–H groups in total. The zero-order chi connectivity index (χ0) is 13.8. The van der Waals surface area contributed by atoms with Gasteiger partial charge in [-0.3, -0.25) is 0 Å². The number of thiazole rings is 1. The highest BCUT2D eigenvalue weighted by Crippen LogP contribution is 2.19. The number of carboxylic acid groups (broad SMARTS) is 1. The Morgan fingerprint density at radius 2 is 2.11 bits per heavy atom. The molecule has 4 nitrogen and oxygen atoms in total. The highest BCUT2D eigenvalue weighted by Gasteiger charge is 2.08. The van der Waals surface area contributed by atoms with E-state index in [0.717, 1.165) is 27.7 Å². The average molecular weight is 276 g/mol. The lowest BCUT2D eigenvalue weighted by Crippen LogP contribution is -2.21. The highest BCUT2D eigenvalue weighted by atomic mass is 32.1. The number of aryl methyl sites for hydroxylation is 2. The first-order chi connectivity index (χ1) is 9.08. The summed E-state index contributed by atoms with van der Waals surface area (Å²) >= 11 is 1.15. The molecule has 0 saturated carbocycles. The van der Waals surface area contributed by atoms with Crippen LogP contribution in [0.25, 0.3) is 0 Å². The van der Waals surface area contributed by atoms with E-state index >= 15 is 0 Å². The molecule has 1 aromatic carbocycles. The second-order valence-corrected chi connectivity index (χ2v) is 5.26. The van der Waals surface area contributed by atoms with E-state index in [1.807, 2.05) is 31.2 Å². The fourth-order valence-electron chi connectivity index (χ4n) is 1.72. The molecule has 0 spiro atoms. The molecule has 1 heterocycles. The maximum absolute atomic E-state index is 10.8. The van der Waals surface area contributed by atoms with Crippen LogP contribution in [-0.2, 0) is 6.42 Å². The summed E-state index contributed by atoms with van der Waals surface area (Å²) in [6, 6.07) is 7.77. The minimum Gasteiger partial charge on any atom is -0.544 e. The van der Waals surface area contributed by atoms with Crippen LogP contribution in [0.5, 0.6) is 5.75 Å². The number of carboxylic acids is 1. The molecule has 0 unspecified atom stereocenters. The SMILES string of the molecule is Cc1ccccc1OCCc1nc(C)c(C(=O)[O-])s1. The molecule has 0 radical (unpaired) electrons. The lowest BCUT2D eigenvalue weighted by Gasteiger charge is -2.07. The summed E-state index contributed by atoms with van der Waals surface area (Å²) in [5, 5.41) is 11.6. The van der Waals surface area contributed by atoms with Crippen LogP contribution in [0.4, 0.5) is 0 Å². The van der Waals surface area contributed by atoms with Crippen LogP contribution >= 0.6 is 11.3 Å². The number of hydrogen-bond donors (Lipinski definition) is 0. The summed E-state index contributed by atoms with van der Waals surface area (Å²) in [5.41, 5.74) is 1.59. The minimum absolute atomic E-state index is 0.200. The average Bonchev–Trinajstić information content (AvgIpc) is 2.73. The molecule has 0 amide bonds. The van der Waals surface area contributed by atoms with E-state index in [2.05, 4.69) is 4.98 Å². The van der Waals surface area contributed by atoms with Gasteiger partial charge in [-0.25, -0.2) is 4.98 Å². The molecule has 0 bridgehead atoms. The van der Waals surface area contributed by atoms with Crippen molar-refractivity contribution in [3.05, 3.63) is 45.4 Å². The van der Waals surface area contributed by atoms with E-state index in [1.54, 1.807) is 6.92 Å². The number of aromatic carboxylic acids is 1. The third kappa shape index (κ3) is 3.32. The van der Waals surface area contributed by atoms with Gasteiger partial charge >= 0.3 is 0 Å². The molecule has 19 heavy (non-hydrogen) atoms. The molecule has 1 aromatic heterocycles. The van der Waals surface area contributed by atoms with Crippen molar-refractivity contribution in [2.45, 2.75) is 20.3 Å².